The van der Waals surface area contributed by atoms with Crippen LogP contribution in [0.25, 0.3) is 0 Å². The van der Waals surface area contributed by atoms with E-state index < -0.39 is 42.7 Å². The number of methoxy groups -OCH3 is 1. The first-order valence-electron chi connectivity index (χ1n) is 11.7. The highest BCUT2D eigenvalue weighted by molar-refractivity contribution is 5.97. The van der Waals surface area contributed by atoms with E-state index >= 15 is 0 Å². The number of aliphatic hydroxyl groups excluding tert-OH is 2. The van der Waals surface area contributed by atoms with E-state index in [0.29, 0.717) is 13.0 Å². The van der Waals surface area contributed by atoms with Gasteiger partial charge >= 0.3 is 5.69 Å². The summed E-state index contributed by atoms with van der Waals surface area (Å²) in [4.78, 5) is 29.3. The summed E-state index contributed by atoms with van der Waals surface area (Å²) < 4.78 is 11.9. The zero-order chi connectivity index (χ0) is 25.7. The van der Waals surface area contributed by atoms with E-state index in [1.165, 1.54) is 13.3 Å². The first-order chi connectivity index (χ1) is 17.4. The molecule has 0 unspecified atom stereocenters. The van der Waals surface area contributed by atoms with Gasteiger partial charge in [0.2, 0.25) is 0 Å². The van der Waals surface area contributed by atoms with Crippen molar-refractivity contribution >= 4 is 11.7 Å². The quantitative estimate of drug-likeness (QED) is 0.345. The Morgan fingerprint density at radius 3 is 2.33 bits per heavy atom. The molecular formula is C26H30N4O6. The molecule has 1 aromatic heterocycles. The van der Waals surface area contributed by atoms with Crippen molar-refractivity contribution in [3.05, 3.63) is 94.0 Å². The molecule has 5 N–H and O–H groups in total. The van der Waals surface area contributed by atoms with Gasteiger partial charge < -0.3 is 30.7 Å². The Hall–Kier alpha value is -3.57. The van der Waals surface area contributed by atoms with Crippen LogP contribution in [0, 0.1) is 0 Å². The summed E-state index contributed by atoms with van der Waals surface area (Å²) >= 11 is 0. The Kier molecular flexibility index (Phi) is 8.11. The number of nitrogen functional groups attached to an aromatic ring is 1. The van der Waals surface area contributed by atoms with Gasteiger partial charge in [-0.2, -0.15) is 4.98 Å². The minimum atomic E-state index is -1.17. The van der Waals surface area contributed by atoms with Gasteiger partial charge in [-0.25, -0.2) is 4.79 Å². The van der Waals surface area contributed by atoms with Gasteiger partial charge in [-0.05, 0) is 17.5 Å². The molecule has 4 rings (SSSR count). The number of nitrogens with zero attached hydrogens (tertiary/aromatic N) is 2. The second-order valence-corrected chi connectivity index (χ2v) is 8.59. The van der Waals surface area contributed by atoms with E-state index in [4.69, 9.17) is 15.2 Å². The first kappa shape index (κ1) is 25.5. The molecule has 190 valence electrons. The third-order valence-electron chi connectivity index (χ3n) is 6.39. The van der Waals surface area contributed by atoms with Gasteiger partial charge in [0.1, 0.15) is 24.1 Å². The lowest BCUT2D eigenvalue weighted by molar-refractivity contribution is -0.0625. The van der Waals surface area contributed by atoms with E-state index in [0.717, 1.165) is 15.7 Å². The van der Waals surface area contributed by atoms with Crippen molar-refractivity contribution in [3.63, 3.8) is 0 Å². The van der Waals surface area contributed by atoms with E-state index in [9.17, 15) is 19.8 Å². The van der Waals surface area contributed by atoms with Gasteiger partial charge in [0.25, 0.3) is 5.91 Å². The van der Waals surface area contributed by atoms with Crippen molar-refractivity contribution in [2.24, 2.45) is 0 Å². The molecule has 4 atom stereocenters. The van der Waals surface area contributed by atoms with Crippen LogP contribution in [0.3, 0.4) is 0 Å². The fourth-order valence-corrected chi connectivity index (χ4v) is 4.51. The molecule has 0 bridgehead atoms. The number of carbonyl (C=O) groups is 1. The van der Waals surface area contributed by atoms with E-state index in [2.05, 4.69) is 34.6 Å². The molecule has 3 aromatic rings. The van der Waals surface area contributed by atoms with Gasteiger partial charge in [-0.1, -0.05) is 60.7 Å². The number of nitrogens with two attached hydrogens (primary N) is 1. The summed E-state index contributed by atoms with van der Waals surface area (Å²) in [5.41, 5.74) is 7.39. The van der Waals surface area contributed by atoms with Crippen molar-refractivity contribution in [1.82, 2.24) is 14.9 Å². The van der Waals surface area contributed by atoms with E-state index in [-0.39, 0.29) is 17.3 Å². The summed E-state index contributed by atoms with van der Waals surface area (Å²) in [5, 5.41) is 22.6. The summed E-state index contributed by atoms with van der Waals surface area (Å²) in [5.74, 6) is -0.647. The number of ether oxygens (including phenoxy) is 2. The Labute approximate surface area is 208 Å². The Bertz CT molecular complexity index is 1180. The van der Waals surface area contributed by atoms with Crippen LogP contribution in [-0.2, 0) is 9.47 Å². The zero-order valence-corrected chi connectivity index (χ0v) is 19.9. The molecule has 1 saturated heterocycles. The van der Waals surface area contributed by atoms with Crippen LogP contribution in [0.2, 0.25) is 0 Å². The number of nitrogens with one attached hydrogen (secondary N) is 1. The molecule has 2 heterocycles. The molecule has 10 nitrogen and oxygen atoms in total. The number of hydrogen-bond donors (Lipinski definition) is 4. The van der Waals surface area contributed by atoms with Crippen LogP contribution < -0.4 is 16.7 Å². The number of aromatic nitrogens is 2. The second kappa shape index (κ2) is 11.4. The van der Waals surface area contributed by atoms with Crippen LogP contribution in [-0.4, -0.2) is 64.2 Å². The third kappa shape index (κ3) is 5.31. The number of amides is 1. The van der Waals surface area contributed by atoms with Gasteiger partial charge in [0.05, 0.1) is 12.2 Å². The zero-order valence-electron chi connectivity index (χ0n) is 19.9. The maximum absolute atomic E-state index is 13.0. The van der Waals surface area contributed by atoms with Crippen molar-refractivity contribution in [2.75, 3.05) is 26.0 Å². The summed E-state index contributed by atoms with van der Waals surface area (Å²) in [6, 6.07) is 20.1. The SMILES string of the molecule is CO[C@@H]1[C@@H](O)[C@@H](CO)O[C@H]1n1cc(C(=O)NCCC(c2ccccc2)c2ccccc2)c(N)nc1=O. The fourth-order valence-electron chi connectivity index (χ4n) is 4.51. The highest BCUT2D eigenvalue weighted by Gasteiger charge is 2.45. The molecule has 1 amide bonds. The molecule has 0 radical (unpaired) electrons. The van der Waals surface area contributed by atoms with Crippen LogP contribution in [0.15, 0.2) is 71.7 Å². The molecule has 1 fully saturated rings. The van der Waals surface area contributed by atoms with Crippen molar-refractivity contribution in [3.8, 4) is 0 Å². The number of benzene rings is 2. The largest absolute Gasteiger partial charge is 0.394 e. The molecular weight excluding hydrogens is 464 g/mol. The molecule has 0 saturated carbocycles. The predicted octanol–water partition coefficient (Wildman–Crippen LogP) is 1.04. The van der Waals surface area contributed by atoms with E-state index in [1.807, 2.05) is 36.4 Å². The predicted molar refractivity (Wildman–Crippen MR) is 132 cm³/mol. The lowest BCUT2D eigenvalue weighted by atomic mass is 9.88. The summed E-state index contributed by atoms with van der Waals surface area (Å²) in [7, 11) is 1.35. The lowest BCUT2D eigenvalue weighted by Gasteiger charge is -2.21. The Morgan fingerprint density at radius 1 is 1.17 bits per heavy atom. The molecule has 2 aromatic carbocycles. The summed E-state index contributed by atoms with van der Waals surface area (Å²) in [6.45, 7) is -0.121. The highest BCUT2D eigenvalue weighted by atomic mass is 16.6. The monoisotopic (exact) mass is 494 g/mol. The minimum Gasteiger partial charge on any atom is -0.394 e. The summed E-state index contributed by atoms with van der Waals surface area (Å²) in [6.07, 6.45) is -2.27. The average Bonchev–Trinajstić information content (AvgIpc) is 3.22. The molecule has 36 heavy (non-hydrogen) atoms. The van der Waals surface area contributed by atoms with Gasteiger partial charge in [0.15, 0.2) is 6.23 Å². The van der Waals surface area contributed by atoms with Crippen molar-refractivity contribution in [2.45, 2.75) is 36.9 Å². The molecule has 10 heteroatoms. The smallest absolute Gasteiger partial charge is 0.351 e. The maximum Gasteiger partial charge on any atom is 0.351 e. The van der Waals surface area contributed by atoms with Crippen LogP contribution in [0.5, 0.6) is 0 Å². The van der Waals surface area contributed by atoms with Crippen molar-refractivity contribution in [1.29, 1.82) is 0 Å². The highest BCUT2D eigenvalue weighted by Crippen LogP contribution is 2.31. The van der Waals surface area contributed by atoms with Gasteiger partial charge in [0, 0.05) is 25.8 Å². The van der Waals surface area contributed by atoms with Crippen LogP contribution in [0.1, 0.15) is 40.1 Å². The van der Waals surface area contributed by atoms with Gasteiger partial charge in [-0.15, -0.1) is 0 Å². The standard InChI is InChI=1S/C26H30N4O6/c1-35-22-21(32)20(15-31)36-25(22)30-14-19(23(27)29-26(30)34)24(33)28-13-12-18(16-8-4-2-5-9-16)17-10-6-3-7-11-17/h2-11,14,18,20-22,25,31-32H,12-13,15H2,1H3,(H,28,33)(H2,27,29,34)/t20-,21+,22-,25-/m1/s1. The number of aliphatic hydroxyl groups is 2. The maximum atomic E-state index is 13.0. The number of hydrogen-bond acceptors (Lipinski definition) is 8. The molecule has 1 aliphatic heterocycles. The number of anilines is 1. The number of carbonyl (C=O) groups excluding carboxylic acids is 1. The van der Waals surface area contributed by atoms with Crippen LogP contribution in [0.4, 0.5) is 5.82 Å². The first-order valence-corrected chi connectivity index (χ1v) is 11.7. The Balaban J connectivity index is 1.51. The number of rotatable bonds is 9. The van der Waals surface area contributed by atoms with Crippen molar-refractivity contribution < 1.29 is 24.5 Å². The minimum absolute atomic E-state index is 0.00837. The third-order valence-corrected chi connectivity index (χ3v) is 6.39. The van der Waals surface area contributed by atoms with Crippen LogP contribution >= 0.6 is 0 Å². The molecule has 0 spiro atoms. The normalized spacial score (nSPS) is 21.6. The average molecular weight is 495 g/mol. The topological polar surface area (TPSA) is 149 Å². The second-order valence-electron chi connectivity index (χ2n) is 8.59. The lowest BCUT2D eigenvalue weighted by Crippen LogP contribution is -2.38. The molecule has 1 aliphatic rings. The van der Waals surface area contributed by atoms with E-state index in [1.54, 1.807) is 0 Å². The fraction of sp³-hybridized carbons (Fsp3) is 0.346. The van der Waals surface area contributed by atoms with Gasteiger partial charge in [-0.3, -0.25) is 9.36 Å². The molecule has 0 aliphatic carbocycles. The Morgan fingerprint density at radius 2 is 1.78 bits per heavy atom.